The predicted octanol–water partition coefficient (Wildman–Crippen LogP) is 18.0. The molecule has 0 aromatic heterocycles. The summed E-state index contributed by atoms with van der Waals surface area (Å²) in [5.74, 6) is -0.924. The van der Waals surface area contributed by atoms with E-state index >= 15 is 0 Å². The van der Waals surface area contributed by atoms with Gasteiger partial charge in [-0.15, -0.1) is 0 Å². The second-order valence-electron chi connectivity index (χ2n) is 18.1. The number of carbonyl (C=O) groups is 3. The lowest BCUT2D eigenvalue weighted by Crippen LogP contribution is -2.30. The highest BCUT2D eigenvalue weighted by atomic mass is 16.6. The third kappa shape index (κ3) is 50.1. The largest absolute Gasteiger partial charge is 0.462 e. The van der Waals surface area contributed by atoms with Crippen LogP contribution in [0.1, 0.15) is 271 Å². The number of hydrogen-bond donors (Lipinski definition) is 0. The van der Waals surface area contributed by atoms with Gasteiger partial charge in [0.1, 0.15) is 13.2 Å². The molecule has 0 aromatic rings. The highest BCUT2D eigenvalue weighted by molar-refractivity contribution is 5.71. The summed E-state index contributed by atoms with van der Waals surface area (Å²) in [5, 5.41) is 0. The van der Waals surface area contributed by atoms with E-state index in [1.165, 1.54) is 148 Å². The molecule has 6 nitrogen and oxygen atoms in total. The Hall–Kier alpha value is -2.89. The number of unbranched alkanes of at least 4 members (excludes halogenated alkanes) is 28. The van der Waals surface area contributed by atoms with Gasteiger partial charge in [0.15, 0.2) is 6.10 Å². The van der Waals surface area contributed by atoms with E-state index in [4.69, 9.17) is 14.2 Å². The van der Waals surface area contributed by atoms with Crippen molar-refractivity contribution in [2.75, 3.05) is 13.2 Å². The van der Waals surface area contributed by atoms with Crippen LogP contribution in [-0.4, -0.2) is 37.2 Å². The topological polar surface area (TPSA) is 78.9 Å². The van der Waals surface area contributed by atoms with Crippen LogP contribution in [0.3, 0.4) is 0 Å². The Labute approximate surface area is 396 Å². The SMILES string of the molecule is CC/C=C\C/C=C\C/C=C\C/C=C\CCCCC(=O)OC[C@H](COC(=O)CCCCCCCCCCCCCC)OC(=O)CCCCCCCCCCC/C=C\CCCCCCCC. The summed E-state index contributed by atoms with van der Waals surface area (Å²) in [7, 11) is 0. The molecule has 0 amide bonds. The van der Waals surface area contributed by atoms with E-state index in [-0.39, 0.29) is 31.1 Å². The van der Waals surface area contributed by atoms with Crippen molar-refractivity contribution < 1.29 is 28.6 Å². The predicted molar refractivity (Wildman–Crippen MR) is 275 cm³/mol. The fourth-order valence-corrected chi connectivity index (χ4v) is 7.66. The normalized spacial score (nSPS) is 12.5. The Bertz CT molecular complexity index is 1170. The smallest absolute Gasteiger partial charge is 0.306 e. The first-order valence-electron chi connectivity index (χ1n) is 27.3. The third-order valence-electron chi connectivity index (χ3n) is 11.8. The molecule has 0 bridgehead atoms. The van der Waals surface area contributed by atoms with E-state index in [1.807, 2.05) is 0 Å². The lowest BCUT2D eigenvalue weighted by atomic mass is 10.0. The molecule has 0 radical (unpaired) electrons. The maximum absolute atomic E-state index is 12.8. The first-order valence-corrected chi connectivity index (χ1v) is 27.3. The average molecular weight is 895 g/mol. The van der Waals surface area contributed by atoms with Crippen LogP contribution in [0.25, 0.3) is 0 Å². The van der Waals surface area contributed by atoms with Crippen molar-refractivity contribution in [1.29, 1.82) is 0 Å². The molecular formula is C58H102O6. The van der Waals surface area contributed by atoms with Gasteiger partial charge in [-0.1, -0.05) is 229 Å². The summed E-state index contributed by atoms with van der Waals surface area (Å²) in [6.45, 7) is 6.50. The van der Waals surface area contributed by atoms with Crippen LogP contribution in [0, 0.1) is 0 Å². The van der Waals surface area contributed by atoms with Gasteiger partial charge < -0.3 is 14.2 Å². The summed E-state index contributed by atoms with van der Waals surface area (Å²) in [5.41, 5.74) is 0. The molecule has 0 aliphatic heterocycles. The molecule has 0 heterocycles. The number of carbonyl (C=O) groups excluding carboxylic acids is 3. The zero-order valence-corrected chi connectivity index (χ0v) is 42.3. The highest BCUT2D eigenvalue weighted by Crippen LogP contribution is 2.15. The zero-order chi connectivity index (χ0) is 46.5. The Morgan fingerprint density at radius 1 is 0.328 bits per heavy atom. The van der Waals surface area contributed by atoms with Crippen LogP contribution in [0.5, 0.6) is 0 Å². The van der Waals surface area contributed by atoms with E-state index in [9.17, 15) is 14.4 Å². The Morgan fingerprint density at radius 2 is 0.609 bits per heavy atom. The van der Waals surface area contributed by atoms with Crippen molar-refractivity contribution in [3.8, 4) is 0 Å². The number of ether oxygens (including phenoxy) is 3. The summed E-state index contributed by atoms with van der Waals surface area (Å²) < 4.78 is 16.8. The zero-order valence-electron chi connectivity index (χ0n) is 42.3. The van der Waals surface area contributed by atoms with Crippen LogP contribution < -0.4 is 0 Å². The van der Waals surface area contributed by atoms with Crippen molar-refractivity contribution in [2.45, 2.75) is 277 Å². The van der Waals surface area contributed by atoms with Gasteiger partial charge in [-0.3, -0.25) is 14.4 Å². The van der Waals surface area contributed by atoms with Crippen LogP contribution in [0.2, 0.25) is 0 Å². The molecule has 1 atom stereocenters. The standard InChI is InChI=1S/C58H102O6/c1-4-7-10-13-16-19-22-25-27-28-29-30-32-34-37-40-43-46-49-52-58(61)64-55(53-62-56(59)50-47-44-41-38-35-24-21-18-15-12-9-6-3)54-63-57(60)51-48-45-42-39-36-33-31-26-23-20-17-14-11-8-5-2/h8,11,17,20,25-27,31,36,39,55H,4-7,9-10,12-16,18-19,21-24,28-30,32-35,37-38,40-54H2,1-3H3/b11-8-,20-17-,27-25-,31-26-,39-36-/t55-/m0/s1. The molecule has 0 aromatic carbocycles. The van der Waals surface area contributed by atoms with Crippen molar-refractivity contribution in [3.05, 3.63) is 60.8 Å². The monoisotopic (exact) mass is 895 g/mol. The molecule has 0 fully saturated rings. The minimum absolute atomic E-state index is 0.0859. The van der Waals surface area contributed by atoms with Gasteiger partial charge >= 0.3 is 17.9 Å². The second kappa shape index (κ2) is 52.7. The lowest BCUT2D eigenvalue weighted by Gasteiger charge is -2.18. The fourth-order valence-electron chi connectivity index (χ4n) is 7.66. The highest BCUT2D eigenvalue weighted by Gasteiger charge is 2.19. The van der Waals surface area contributed by atoms with E-state index in [0.29, 0.717) is 19.3 Å². The molecule has 64 heavy (non-hydrogen) atoms. The molecule has 0 aliphatic rings. The Morgan fingerprint density at radius 3 is 1.00 bits per heavy atom. The molecule has 0 N–H and O–H groups in total. The van der Waals surface area contributed by atoms with Crippen LogP contribution >= 0.6 is 0 Å². The number of allylic oxidation sites excluding steroid dienone is 10. The minimum Gasteiger partial charge on any atom is -0.462 e. The summed E-state index contributed by atoms with van der Waals surface area (Å²) in [6, 6.07) is 0. The first-order chi connectivity index (χ1) is 31.5. The van der Waals surface area contributed by atoms with E-state index in [1.54, 1.807) is 0 Å². The quantitative estimate of drug-likeness (QED) is 0.0262. The van der Waals surface area contributed by atoms with E-state index in [2.05, 4.69) is 81.5 Å². The average Bonchev–Trinajstić information content (AvgIpc) is 3.29. The van der Waals surface area contributed by atoms with Crippen LogP contribution in [-0.2, 0) is 28.6 Å². The molecule has 0 saturated carbocycles. The van der Waals surface area contributed by atoms with Gasteiger partial charge in [-0.25, -0.2) is 0 Å². The van der Waals surface area contributed by atoms with Crippen molar-refractivity contribution in [3.63, 3.8) is 0 Å². The van der Waals surface area contributed by atoms with Gasteiger partial charge in [-0.2, -0.15) is 0 Å². The van der Waals surface area contributed by atoms with Crippen molar-refractivity contribution in [1.82, 2.24) is 0 Å². The second-order valence-corrected chi connectivity index (χ2v) is 18.1. The van der Waals surface area contributed by atoms with Crippen LogP contribution in [0.15, 0.2) is 60.8 Å². The number of rotatable bonds is 49. The fraction of sp³-hybridized carbons (Fsp3) is 0.776. The summed E-state index contributed by atoms with van der Waals surface area (Å²) in [4.78, 5) is 38.0. The molecule has 0 spiro atoms. The minimum atomic E-state index is -0.789. The van der Waals surface area contributed by atoms with Gasteiger partial charge in [0.2, 0.25) is 0 Å². The van der Waals surface area contributed by atoms with Crippen LogP contribution in [0.4, 0.5) is 0 Å². The Balaban J connectivity index is 4.40. The van der Waals surface area contributed by atoms with Gasteiger partial charge in [0.05, 0.1) is 0 Å². The van der Waals surface area contributed by atoms with E-state index in [0.717, 1.165) is 83.5 Å². The maximum atomic E-state index is 12.8. The lowest BCUT2D eigenvalue weighted by molar-refractivity contribution is -0.167. The Kier molecular flexibility index (Phi) is 50.4. The summed E-state index contributed by atoms with van der Waals surface area (Å²) >= 11 is 0. The molecular weight excluding hydrogens is 793 g/mol. The molecule has 0 rings (SSSR count). The molecule has 0 saturated heterocycles. The number of hydrogen-bond acceptors (Lipinski definition) is 6. The molecule has 6 heteroatoms. The maximum Gasteiger partial charge on any atom is 0.306 e. The van der Waals surface area contributed by atoms with Crippen molar-refractivity contribution >= 4 is 17.9 Å². The van der Waals surface area contributed by atoms with E-state index < -0.39 is 6.10 Å². The summed E-state index contributed by atoms with van der Waals surface area (Å²) in [6.07, 6.45) is 64.9. The molecule has 370 valence electrons. The number of esters is 3. The van der Waals surface area contributed by atoms with Gasteiger partial charge in [0, 0.05) is 19.3 Å². The first kappa shape index (κ1) is 61.1. The van der Waals surface area contributed by atoms with Gasteiger partial charge in [0.25, 0.3) is 0 Å². The molecule has 0 unspecified atom stereocenters. The van der Waals surface area contributed by atoms with Gasteiger partial charge in [-0.05, 0) is 83.5 Å². The molecule has 0 aliphatic carbocycles. The van der Waals surface area contributed by atoms with Crippen molar-refractivity contribution in [2.24, 2.45) is 0 Å². The third-order valence-corrected chi connectivity index (χ3v) is 11.8.